The van der Waals surface area contributed by atoms with Gasteiger partial charge in [-0.2, -0.15) is 0 Å². The van der Waals surface area contributed by atoms with Crippen LogP contribution in [-0.4, -0.2) is 54.6 Å². The van der Waals surface area contributed by atoms with E-state index in [0.29, 0.717) is 12.3 Å². The van der Waals surface area contributed by atoms with E-state index < -0.39 is 5.91 Å². The molecule has 0 bridgehead atoms. The van der Waals surface area contributed by atoms with Gasteiger partial charge < -0.3 is 20.1 Å². The molecule has 25 heavy (non-hydrogen) atoms. The Kier molecular flexibility index (Phi) is 7.16. The van der Waals surface area contributed by atoms with Gasteiger partial charge in [0.1, 0.15) is 0 Å². The predicted octanol–water partition coefficient (Wildman–Crippen LogP) is 1.53. The first-order valence-electron chi connectivity index (χ1n) is 8.43. The minimum Gasteiger partial charge on any atom is -0.355 e. The minimum absolute atomic E-state index is 0.0926. The highest BCUT2D eigenvalue weighted by molar-refractivity contribution is 5.95. The molecule has 2 aromatic rings. The second-order valence-electron chi connectivity index (χ2n) is 5.50. The van der Waals surface area contributed by atoms with Crippen molar-refractivity contribution < 1.29 is 14.1 Å². The Morgan fingerprint density at radius 1 is 1.12 bits per heavy atom. The molecule has 2 amide bonds. The van der Waals surface area contributed by atoms with Crippen LogP contribution in [0.3, 0.4) is 0 Å². The molecule has 1 aromatic heterocycles. The Balaban J connectivity index is 1.77. The molecule has 1 heterocycles. The number of amides is 2. The van der Waals surface area contributed by atoms with E-state index in [4.69, 9.17) is 4.52 Å². The van der Waals surface area contributed by atoms with Gasteiger partial charge in [-0.25, -0.2) is 0 Å². The van der Waals surface area contributed by atoms with Gasteiger partial charge >= 0.3 is 0 Å². The molecule has 2 rings (SSSR count). The Morgan fingerprint density at radius 3 is 2.52 bits per heavy atom. The lowest BCUT2D eigenvalue weighted by atomic mass is 10.1. The molecule has 0 aliphatic carbocycles. The van der Waals surface area contributed by atoms with Crippen molar-refractivity contribution in [3.05, 3.63) is 42.1 Å². The fourth-order valence-corrected chi connectivity index (χ4v) is 2.33. The Labute approximate surface area is 147 Å². The van der Waals surface area contributed by atoms with Crippen molar-refractivity contribution in [3.63, 3.8) is 0 Å². The molecule has 0 fully saturated rings. The number of carbonyl (C=O) groups is 2. The van der Waals surface area contributed by atoms with Crippen LogP contribution in [0.4, 0.5) is 0 Å². The van der Waals surface area contributed by atoms with Gasteiger partial charge in [-0.1, -0.05) is 49.3 Å². The van der Waals surface area contributed by atoms with Gasteiger partial charge in [-0.3, -0.25) is 9.59 Å². The monoisotopic (exact) mass is 344 g/mol. The van der Waals surface area contributed by atoms with Crippen LogP contribution in [0.15, 0.2) is 40.9 Å². The highest BCUT2D eigenvalue weighted by Gasteiger charge is 2.14. The fourth-order valence-electron chi connectivity index (χ4n) is 2.33. The lowest BCUT2D eigenvalue weighted by Crippen LogP contribution is -2.40. The lowest BCUT2D eigenvalue weighted by Gasteiger charge is -2.17. The average molecular weight is 344 g/mol. The number of hydrogen-bond acceptors (Lipinski definition) is 5. The summed E-state index contributed by atoms with van der Waals surface area (Å²) in [6.07, 6.45) is 0. The molecule has 0 aliphatic heterocycles. The number of rotatable bonds is 9. The number of aromatic nitrogens is 1. The molecular formula is C18H24N4O3. The molecule has 134 valence electrons. The second kappa shape index (κ2) is 9.58. The molecule has 7 nitrogen and oxygen atoms in total. The standard InChI is InChI=1S/C18H24N4O3/c1-3-22(4-2)11-10-19-17(23)13-20-18(24)15-12-16(25-21-15)14-8-6-5-7-9-14/h5-9,12H,3-4,10-11,13H2,1-2H3,(H,19,23)(H,20,24). The predicted molar refractivity (Wildman–Crippen MR) is 95.1 cm³/mol. The highest BCUT2D eigenvalue weighted by atomic mass is 16.5. The van der Waals surface area contributed by atoms with Crippen LogP contribution < -0.4 is 10.6 Å². The van der Waals surface area contributed by atoms with Gasteiger partial charge in [0.15, 0.2) is 11.5 Å². The third-order valence-electron chi connectivity index (χ3n) is 3.86. The van der Waals surface area contributed by atoms with Crippen LogP contribution in [0.25, 0.3) is 11.3 Å². The van der Waals surface area contributed by atoms with E-state index in [1.807, 2.05) is 30.3 Å². The first-order valence-corrected chi connectivity index (χ1v) is 8.43. The van der Waals surface area contributed by atoms with Crippen LogP contribution in [0.1, 0.15) is 24.3 Å². The van der Waals surface area contributed by atoms with Gasteiger partial charge in [0.25, 0.3) is 5.91 Å². The Hall–Kier alpha value is -2.67. The van der Waals surface area contributed by atoms with Crippen molar-refractivity contribution in [2.45, 2.75) is 13.8 Å². The Bertz CT molecular complexity index is 681. The number of nitrogens with zero attached hydrogens (tertiary/aromatic N) is 2. The number of likely N-dealkylation sites (N-methyl/N-ethyl adjacent to an activating group) is 1. The van der Waals surface area contributed by atoms with Crippen molar-refractivity contribution >= 4 is 11.8 Å². The third-order valence-corrected chi connectivity index (χ3v) is 3.86. The first-order chi connectivity index (χ1) is 12.1. The summed E-state index contributed by atoms with van der Waals surface area (Å²) < 4.78 is 5.18. The smallest absolute Gasteiger partial charge is 0.273 e. The highest BCUT2D eigenvalue weighted by Crippen LogP contribution is 2.19. The van der Waals surface area contributed by atoms with E-state index in [1.165, 1.54) is 0 Å². The van der Waals surface area contributed by atoms with Gasteiger partial charge in [0.05, 0.1) is 6.54 Å². The summed E-state index contributed by atoms with van der Waals surface area (Å²) in [5.74, 6) is -0.161. The number of nitrogens with one attached hydrogen (secondary N) is 2. The SMILES string of the molecule is CCN(CC)CCNC(=O)CNC(=O)c1cc(-c2ccccc2)on1. The van der Waals surface area contributed by atoms with Crippen molar-refractivity contribution in [2.24, 2.45) is 0 Å². The summed E-state index contributed by atoms with van der Waals surface area (Å²) in [4.78, 5) is 26.0. The first kappa shape index (κ1) is 18.7. The van der Waals surface area contributed by atoms with E-state index in [-0.39, 0.29) is 18.1 Å². The van der Waals surface area contributed by atoms with E-state index in [2.05, 4.69) is 34.5 Å². The summed E-state index contributed by atoms with van der Waals surface area (Å²) in [5.41, 5.74) is 0.984. The number of benzene rings is 1. The topological polar surface area (TPSA) is 87.5 Å². The lowest BCUT2D eigenvalue weighted by molar-refractivity contribution is -0.120. The van der Waals surface area contributed by atoms with Gasteiger partial charge in [0.2, 0.25) is 5.91 Å². The van der Waals surface area contributed by atoms with Crippen LogP contribution >= 0.6 is 0 Å². The van der Waals surface area contributed by atoms with E-state index >= 15 is 0 Å². The molecule has 7 heteroatoms. The molecule has 1 aromatic carbocycles. The summed E-state index contributed by atoms with van der Waals surface area (Å²) in [5, 5.41) is 9.08. The zero-order chi connectivity index (χ0) is 18.1. The van der Waals surface area contributed by atoms with Crippen molar-refractivity contribution in [2.75, 3.05) is 32.7 Å². The quantitative estimate of drug-likeness (QED) is 0.720. The molecule has 2 N–H and O–H groups in total. The van der Waals surface area contributed by atoms with Crippen LogP contribution in [0.2, 0.25) is 0 Å². The molecular weight excluding hydrogens is 320 g/mol. The molecule has 0 saturated heterocycles. The molecule has 0 spiro atoms. The molecule has 0 radical (unpaired) electrons. The van der Waals surface area contributed by atoms with Crippen molar-refractivity contribution in [1.29, 1.82) is 0 Å². The number of carbonyl (C=O) groups excluding carboxylic acids is 2. The van der Waals surface area contributed by atoms with Crippen LogP contribution in [-0.2, 0) is 4.79 Å². The van der Waals surface area contributed by atoms with Gasteiger partial charge in [-0.05, 0) is 13.1 Å². The normalized spacial score (nSPS) is 10.7. The Morgan fingerprint density at radius 2 is 1.84 bits per heavy atom. The molecule has 0 saturated carbocycles. The third kappa shape index (κ3) is 5.72. The molecule has 0 aliphatic rings. The van der Waals surface area contributed by atoms with Crippen LogP contribution in [0, 0.1) is 0 Å². The minimum atomic E-state index is -0.440. The van der Waals surface area contributed by atoms with Gasteiger partial charge in [-0.15, -0.1) is 0 Å². The maximum Gasteiger partial charge on any atom is 0.273 e. The fraction of sp³-hybridized carbons (Fsp3) is 0.389. The van der Waals surface area contributed by atoms with E-state index in [0.717, 1.165) is 25.2 Å². The summed E-state index contributed by atoms with van der Waals surface area (Å²) >= 11 is 0. The van der Waals surface area contributed by atoms with Crippen molar-refractivity contribution in [1.82, 2.24) is 20.7 Å². The largest absolute Gasteiger partial charge is 0.355 e. The maximum atomic E-state index is 12.0. The number of hydrogen-bond donors (Lipinski definition) is 2. The van der Waals surface area contributed by atoms with Crippen molar-refractivity contribution in [3.8, 4) is 11.3 Å². The average Bonchev–Trinajstić information content (AvgIpc) is 3.14. The second-order valence-corrected chi connectivity index (χ2v) is 5.50. The zero-order valence-corrected chi connectivity index (χ0v) is 14.6. The molecule has 0 atom stereocenters. The van der Waals surface area contributed by atoms with Gasteiger partial charge in [0, 0.05) is 24.7 Å². The summed E-state index contributed by atoms with van der Waals surface area (Å²) in [6, 6.07) is 10.9. The molecule has 0 unspecified atom stereocenters. The van der Waals surface area contributed by atoms with Crippen LogP contribution in [0.5, 0.6) is 0 Å². The summed E-state index contributed by atoms with van der Waals surface area (Å²) in [7, 11) is 0. The van der Waals surface area contributed by atoms with E-state index in [1.54, 1.807) is 6.07 Å². The summed E-state index contributed by atoms with van der Waals surface area (Å²) in [6.45, 7) is 7.29. The zero-order valence-electron chi connectivity index (χ0n) is 14.6. The van der Waals surface area contributed by atoms with E-state index in [9.17, 15) is 9.59 Å². The maximum absolute atomic E-state index is 12.0.